The van der Waals surface area contributed by atoms with Gasteiger partial charge in [0.2, 0.25) is 5.91 Å². The van der Waals surface area contributed by atoms with Gasteiger partial charge in [-0.05, 0) is 29.7 Å². The van der Waals surface area contributed by atoms with Crippen LogP contribution >= 0.6 is 0 Å². The molecule has 0 radical (unpaired) electrons. The van der Waals surface area contributed by atoms with Crippen molar-refractivity contribution in [2.75, 3.05) is 5.32 Å². The van der Waals surface area contributed by atoms with Gasteiger partial charge in [0.25, 0.3) is 5.56 Å². The Bertz CT molecular complexity index is 1260. The fourth-order valence-corrected chi connectivity index (χ4v) is 3.59. The Morgan fingerprint density at radius 3 is 2.22 bits per heavy atom. The summed E-state index contributed by atoms with van der Waals surface area (Å²) in [6, 6.07) is 18.7. The van der Waals surface area contributed by atoms with Crippen molar-refractivity contribution in [3.05, 3.63) is 88.7 Å². The number of alkyl halides is 3. The van der Waals surface area contributed by atoms with Crippen molar-refractivity contribution in [2.45, 2.75) is 44.8 Å². The Balaban J connectivity index is 1.84. The Labute approximate surface area is 210 Å². The summed E-state index contributed by atoms with van der Waals surface area (Å²) in [6.07, 6.45) is -8.78. The van der Waals surface area contributed by atoms with Crippen molar-refractivity contribution in [1.29, 1.82) is 0 Å². The average molecular weight is 518 g/mol. The lowest BCUT2D eigenvalue weighted by Crippen LogP contribution is -2.50. The Morgan fingerprint density at radius 1 is 1.00 bits per heavy atom. The second-order valence-corrected chi connectivity index (χ2v) is 8.15. The zero-order chi connectivity index (χ0) is 27.0. The van der Waals surface area contributed by atoms with Crippen molar-refractivity contribution < 1.29 is 32.6 Å². The van der Waals surface area contributed by atoms with Gasteiger partial charge in [-0.15, -0.1) is 0 Å². The maximum Gasteiger partial charge on any atom is 0.416 e. The lowest BCUT2D eigenvalue weighted by molar-refractivity contribution is -0.212. The maximum atomic E-state index is 13.2. The highest BCUT2D eigenvalue weighted by molar-refractivity contribution is 5.85. The first-order valence-electron chi connectivity index (χ1n) is 11.4. The number of pyridine rings is 1. The molecule has 3 N–H and O–H groups in total. The standard InChI is InChI=1S/C26H26F3N3O5/c1-2-19(23(34)26(27,28)29)30-22(33)15-32-21(18-11-7-4-8-12-18)14-13-20(24(32)35)31-25(36)37-16-17-9-5-3-6-10-17/h3-14,19,23,34H,2,15-16H2,1H3,(H,30,33)(H,31,36). The number of nitrogens with zero attached hydrogens (tertiary/aromatic N) is 1. The number of hydrogen-bond donors (Lipinski definition) is 3. The number of benzene rings is 2. The Morgan fingerprint density at radius 2 is 1.62 bits per heavy atom. The summed E-state index contributed by atoms with van der Waals surface area (Å²) >= 11 is 0. The summed E-state index contributed by atoms with van der Waals surface area (Å²) < 4.78 is 45.0. The van der Waals surface area contributed by atoms with E-state index in [1.54, 1.807) is 54.6 Å². The van der Waals surface area contributed by atoms with Gasteiger partial charge >= 0.3 is 12.3 Å². The van der Waals surface area contributed by atoms with Crippen LogP contribution in [-0.4, -0.2) is 40.0 Å². The van der Waals surface area contributed by atoms with Crippen LogP contribution in [0.25, 0.3) is 11.3 Å². The highest BCUT2D eigenvalue weighted by Gasteiger charge is 2.43. The van der Waals surface area contributed by atoms with E-state index < -0.39 is 42.4 Å². The van der Waals surface area contributed by atoms with Crippen molar-refractivity contribution in [3.8, 4) is 11.3 Å². The van der Waals surface area contributed by atoms with Crippen LogP contribution in [0, 0.1) is 0 Å². The number of ether oxygens (including phenoxy) is 1. The molecule has 0 aliphatic rings. The van der Waals surface area contributed by atoms with E-state index >= 15 is 0 Å². The summed E-state index contributed by atoms with van der Waals surface area (Å²) in [5.41, 5.74) is 0.643. The number of hydrogen-bond acceptors (Lipinski definition) is 5. The Kier molecular flexibility index (Phi) is 9.07. The first-order valence-corrected chi connectivity index (χ1v) is 11.4. The fraction of sp³-hybridized carbons (Fsp3) is 0.269. The molecule has 11 heteroatoms. The third-order valence-electron chi connectivity index (χ3n) is 5.50. The Hall–Kier alpha value is -4.12. The van der Waals surface area contributed by atoms with Gasteiger partial charge in [0.1, 0.15) is 18.8 Å². The molecule has 2 amide bonds. The topological polar surface area (TPSA) is 110 Å². The fourth-order valence-electron chi connectivity index (χ4n) is 3.59. The minimum Gasteiger partial charge on any atom is -0.444 e. The number of nitrogens with one attached hydrogen (secondary N) is 2. The van der Waals surface area contributed by atoms with Crippen LogP contribution in [0.4, 0.5) is 23.7 Å². The third-order valence-corrected chi connectivity index (χ3v) is 5.50. The molecule has 3 aromatic rings. The number of aliphatic hydroxyl groups excluding tert-OH is 1. The second kappa shape index (κ2) is 12.2. The summed E-state index contributed by atoms with van der Waals surface area (Å²) in [5, 5.41) is 14.0. The smallest absolute Gasteiger partial charge is 0.416 e. The lowest BCUT2D eigenvalue weighted by Gasteiger charge is -2.25. The van der Waals surface area contributed by atoms with Crippen molar-refractivity contribution in [2.24, 2.45) is 0 Å². The summed E-state index contributed by atoms with van der Waals surface area (Å²) in [5.74, 6) is -0.918. The predicted molar refractivity (Wildman–Crippen MR) is 131 cm³/mol. The van der Waals surface area contributed by atoms with Gasteiger partial charge in [-0.1, -0.05) is 67.6 Å². The molecule has 37 heavy (non-hydrogen) atoms. The van der Waals surface area contributed by atoms with Gasteiger partial charge < -0.3 is 15.2 Å². The first-order chi connectivity index (χ1) is 17.6. The maximum absolute atomic E-state index is 13.2. The first kappa shape index (κ1) is 27.5. The van der Waals surface area contributed by atoms with Gasteiger partial charge in [-0.3, -0.25) is 19.5 Å². The van der Waals surface area contributed by atoms with E-state index in [1.807, 2.05) is 6.07 Å². The molecule has 8 nitrogen and oxygen atoms in total. The summed E-state index contributed by atoms with van der Waals surface area (Å²) in [6.45, 7) is 0.692. The van der Waals surface area contributed by atoms with Crippen LogP contribution in [0.5, 0.6) is 0 Å². The van der Waals surface area contributed by atoms with E-state index in [-0.39, 0.29) is 18.7 Å². The molecule has 2 aromatic carbocycles. The number of carbonyl (C=O) groups excluding carboxylic acids is 2. The van der Waals surface area contributed by atoms with E-state index in [0.717, 1.165) is 10.1 Å². The van der Waals surface area contributed by atoms with Crippen molar-refractivity contribution >= 4 is 17.7 Å². The average Bonchev–Trinajstić information content (AvgIpc) is 2.88. The van der Waals surface area contributed by atoms with Gasteiger partial charge in [0.05, 0.1) is 11.7 Å². The van der Waals surface area contributed by atoms with E-state index in [2.05, 4.69) is 10.6 Å². The SMILES string of the molecule is CCC(NC(=O)Cn1c(-c2ccccc2)ccc(NC(=O)OCc2ccccc2)c1=O)C(O)C(F)(F)F. The number of carbonyl (C=O) groups is 2. The molecule has 0 saturated carbocycles. The van der Waals surface area contributed by atoms with Crippen LogP contribution in [0.1, 0.15) is 18.9 Å². The molecule has 0 saturated heterocycles. The minimum atomic E-state index is -4.93. The quantitative estimate of drug-likeness (QED) is 0.396. The van der Waals surface area contributed by atoms with Gasteiger partial charge in [-0.2, -0.15) is 13.2 Å². The molecule has 0 spiro atoms. The number of anilines is 1. The van der Waals surface area contributed by atoms with Crippen molar-refractivity contribution in [3.63, 3.8) is 0 Å². The molecular weight excluding hydrogens is 491 g/mol. The van der Waals surface area contributed by atoms with Gasteiger partial charge in [0.15, 0.2) is 6.10 Å². The van der Waals surface area contributed by atoms with Gasteiger partial charge in [0, 0.05) is 0 Å². The normalized spacial score (nSPS) is 12.9. The molecular formula is C26H26F3N3O5. The second-order valence-electron chi connectivity index (χ2n) is 8.15. The molecule has 0 fully saturated rings. The molecule has 0 bridgehead atoms. The van der Waals surface area contributed by atoms with E-state index in [9.17, 15) is 32.7 Å². The van der Waals surface area contributed by atoms with Crippen LogP contribution < -0.4 is 16.2 Å². The van der Waals surface area contributed by atoms with Crippen LogP contribution in [0.15, 0.2) is 77.6 Å². The zero-order valence-electron chi connectivity index (χ0n) is 19.9. The van der Waals surface area contributed by atoms with Gasteiger partial charge in [-0.25, -0.2) is 4.79 Å². The van der Waals surface area contributed by atoms with E-state index in [1.165, 1.54) is 19.1 Å². The number of amides is 2. The predicted octanol–water partition coefficient (Wildman–Crippen LogP) is 4.08. The van der Waals surface area contributed by atoms with E-state index in [4.69, 9.17) is 4.74 Å². The highest BCUT2D eigenvalue weighted by Crippen LogP contribution is 2.24. The summed E-state index contributed by atoms with van der Waals surface area (Å²) in [4.78, 5) is 38.2. The lowest BCUT2D eigenvalue weighted by atomic mass is 10.1. The molecule has 2 atom stereocenters. The molecule has 2 unspecified atom stereocenters. The number of aromatic nitrogens is 1. The molecule has 0 aliphatic heterocycles. The molecule has 0 aliphatic carbocycles. The van der Waals surface area contributed by atoms with Crippen LogP contribution in [0.3, 0.4) is 0 Å². The van der Waals surface area contributed by atoms with E-state index in [0.29, 0.717) is 11.3 Å². The highest BCUT2D eigenvalue weighted by atomic mass is 19.4. The molecule has 3 rings (SSSR count). The molecule has 1 aromatic heterocycles. The summed E-state index contributed by atoms with van der Waals surface area (Å²) in [7, 11) is 0. The monoisotopic (exact) mass is 517 g/mol. The number of rotatable bonds is 9. The largest absolute Gasteiger partial charge is 0.444 e. The molecule has 1 heterocycles. The third kappa shape index (κ3) is 7.43. The van der Waals surface area contributed by atoms with Crippen LogP contribution in [-0.2, 0) is 22.7 Å². The molecule has 196 valence electrons. The minimum absolute atomic E-state index is 0.0364. The number of aliphatic hydroxyl groups is 1. The number of halogens is 3. The zero-order valence-corrected chi connectivity index (χ0v) is 19.9. The van der Waals surface area contributed by atoms with Crippen LogP contribution in [0.2, 0.25) is 0 Å². The van der Waals surface area contributed by atoms with Crippen molar-refractivity contribution in [1.82, 2.24) is 9.88 Å².